The SMILES string of the molecule is CCCC1CCC(CCc2ccc(-c3cccc(F)c3)c(F)c2)CC1. The van der Waals surface area contributed by atoms with Gasteiger partial charge in [0.2, 0.25) is 0 Å². The van der Waals surface area contributed by atoms with Gasteiger partial charge in [-0.1, -0.05) is 69.7 Å². The van der Waals surface area contributed by atoms with E-state index in [9.17, 15) is 8.78 Å². The van der Waals surface area contributed by atoms with Gasteiger partial charge in [0.25, 0.3) is 0 Å². The van der Waals surface area contributed by atoms with Crippen LogP contribution >= 0.6 is 0 Å². The Morgan fingerprint density at radius 1 is 0.880 bits per heavy atom. The van der Waals surface area contributed by atoms with E-state index in [4.69, 9.17) is 0 Å². The lowest BCUT2D eigenvalue weighted by molar-refractivity contribution is 0.252. The molecule has 0 aliphatic heterocycles. The van der Waals surface area contributed by atoms with E-state index in [1.807, 2.05) is 6.07 Å². The van der Waals surface area contributed by atoms with Crippen LogP contribution in [0.5, 0.6) is 0 Å². The number of rotatable bonds is 6. The molecule has 2 heteroatoms. The van der Waals surface area contributed by atoms with E-state index < -0.39 is 0 Å². The average Bonchev–Trinajstić information content (AvgIpc) is 2.61. The highest BCUT2D eigenvalue weighted by Crippen LogP contribution is 2.34. The molecule has 0 atom stereocenters. The second-order valence-electron chi connectivity index (χ2n) is 7.54. The fourth-order valence-corrected chi connectivity index (χ4v) is 4.19. The topological polar surface area (TPSA) is 0 Å². The van der Waals surface area contributed by atoms with E-state index in [0.717, 1.165) is 30.2 Å². The molecule has 25 heavy (non-hydrogen) atoms. The van der Waals surface area contributed by atoms with E-state index in [2.05, 4.69) is 6.92 Å². The summed E-state index contributed by atoms with van der Waals surface area (Å²) < 4.78 is 27.8. The maximum absolute atomic E-state index is 14.4. The van der Waals surface area contributed by atoms with E-state index in [1.165, 1.54) is 50.7 Å². The maximum atomic E-state index is 14.4. The normalized spacial score (nSPS) is 20.6. The molecule has 0 spiro atoms. The Kier molecular flexibility index (Phi) is 6.23. The van der Waals surface area contributed by atoms with Gasteiger partial charge in [-0.2, -0.15) is 0 Å². The molecule has 2 aromatic carbocycles. The molecule has 0 N–H and O–H groups in total. The predicted molar refractivity (Wildman–Crippen MR) is 100 cm³/mol. The van der Waals surface area contributed by atoms with Crippen LogP contribution in [0.4, 0.5) is 8.78 Å². The summed E-state index contributed by atoms with van der Waals surface area (Å²) >= 11 is 0. The standard InChI is InChI=1S/C23H28F2/c1-2-4-17-7-9-18(10-8-17)11-12-19-13-14-22(23(25)15-19)20-5-3-6-21(24)16-20/h3,5-6,13-18H,2,4,7-12H2,1H3. The Hall–Kier alpha value is -1.70. The fraction of sp³-hybridized carbons (Fsp3) is 0.478. The van der Waals surface area contributed by atoms with Crippen molar-refractivity contribution in [3.8, 4) is 11.1 Å². The zero-order chi connectivity index (χ0) is 17.6. The van der Waals surface area contributed by atoms with Gasteiger partial charge in [-0.15, -0.1) is 0 Å². The van der Waals surface area contributed by atoms with Crippen molar-refractivity contribution < 1.29 is 8.78 Å². The average molecular weight is 342 g/mol. The minimum atomic E-state index is -0.334. The van der Waals surface area contributed by atoms with Crippen LogP contribution in [0.2, 0.25) is 0 Å². The van der Waals surface area contributed by atoms with Crippen molar-refractivity contribution in [1.82, 2.24) is 0 Å². The summed E-state index contributed by atoms with van der Waals surface area (Å²) in [6.45, 7) is 2.27. The molecule has 0 saturated heterocycles. The van der Waals surface area contributed by atoms with Crippen molar-refractivity contribution >= 4 is 0 Å². The fourth-order valence-electron chi connectivity index (χ4n) is 4.19. The molecule has 0 nitrogen and oxygen atoms in total. The van der Waals surface area contributed by atoms with Crippen molar-refractivity contribution in [2.45, 2.75) is 58.3 Å². The molecule has 134 valence electrons. The Balaban J connectivity index is 1.57. The number of aryl methyl sites for hydroxylation is 1. The monoisotopic (exact) mass is 342 g/mol. The molecule has 1 fully saturated rings. The van der Waals surface area contributed by atoms with Crippen LogP contribution in [-0.4, -0.2) is 0 Å². The number of hydrogen-bond acceptors (Lipinski definition) is 0. The predicted octanol–water partition coefficient (Wildman–Crippen LogP) is 7.17. The summed E-state index contributed by atoms with van der Waals surface area (Å²) in [5.74, 6) is 1.14. The van der Waals surface area contributed by atoms with E-state index in [-0.39, 0.29) is 11.6 Å². The second-order valence-corrected chi connectivity index (χ2v) is 7.54. The van der Waals surface area contributed by atoms with Gasteiger partial charge in [0.15, 0.2) is 0 Å². The molecule has 0 unspecified atom stereocenters. The number of hydrogen-bond donors (Lipinski definition) is 0. The van der Waals surface area contributed by atoms with Gasteiger partial charge < -0.3 is 0 Å². The molecular formula is C23H28F2. The van der Waals surface area contributed by atoms with Gasteiger partial charge in [0, 0.05) is 5.56 Å². The summed E-state index contributed by atoms with van der Waals surface area (Å²) in [4.78, 5) is 0. The molecule has 0 radical (unpaired) electrons. The quantitative estimate of drug-likeness (QED) is 0.522. The van der Waals surface area contributed by atoms with Crippen LogP contribution in [0.1, 0.15) is 57.4 Å². The first-order valence-corrected chi connectivity index (χ1v) is 9.70. The van der Waals surface area contributed by atoms with Gasteiger partial charge in [0.05, 0.1) is 0 Å². The van der Waals surface area contributed by atoms with Crippen molar-refractivity contribution in [1.29, 1.82) is 0 Å². The van der Waals surface area contributed by atoms with Crippen LogP contribution in [-0.2, 0) is 6.42 Å². The summed E-state index contributed by atoms with van der Waals surface area (Å²) in [7, 11) is 0. The van der Waals surface area contributed by atoms with Crippen LogP contribution in [0, 0.1) is 23.5 Å². The summed E-state index contributed by atoms with van der Waals surface area (Å²) in [5, 5.41) is 0. The van der Waals surface area contributed by atoms with Crippen molar-refractivity contribution in [2.75, 3.05) is 0 Å². The van der Waals surface area contributed by atoms with E-state index in [1.54, 1.807) is 24.3 Å². The van der Waals surface area contributed by atoms with Gasteiger partial charge in [0.1, 0.15) is 11.6 Å². The maximum Gasteiger partial charge on any atom is 0.131 e. The first-order chi connectivity index (χ1) is 12.2. The molecule has 1 saturated carbocycles. The van der Waals surface area contributed by atoms with Crippen molar-refractivity contribution in [2.24, 2.45) is 11.8 Å². The van der Waals surface area contributed by atoms with Gasteiger partial charge >= 0.3 is 0 Å². The summed E-state index contributed by atoms with van der Waals surface area (Å²) in [5.41, 5.74) is 2.12. The molecule has 1 aliphatic rings. The minimum Gasteiger partial charge on any atom is -0.207 e. The van der Waals surface area contributed by atoms with E-state index >= 15 is 0 Å². The molecule has 0 bridgehead atoms. The highest BCUT2D eigenvalue weighted by molar-refractivity contribution is 5.64. The summed E-state index contributed by atoms with van der Waals surface area (Å²) in [6, 6.07) is 11.5. The number of benzene rings is 2. The van der Waals surface area contributed by atoms with Crippen LogP contribution < -0.4 is 0 Å². The summed E-state index contributed by atoms with van der Waals surface area (Å²) in [6.07, 6.45) is 10.1. The largest absolute Gasteiger partial charge is 0.207 e. The lowest BCUT2D eigenvalue weighted by Gasteiger charge is -2.28. The van der Waals surface area contributed by atoms with Gasteiger partial charge in [-0.3, -0.25) is 0 Å². The van der Waals surface area contributed by atoms with Gasteiger partial charge in [-0.25, -0.2) is 8.78 Å². The molecule has 1 aliphatic carbocycles. The van der Waals surface area contributed by atoms with Crippen LogP contribution in [0.15, 0.2) is 42.5 Å². The Labute approximate surface area is 150 Å². The van der Waals surface area contributed by atoms with Crippen LogP contribution in [0.25, 0.3) is 11.1 Å². The van der Waals surface area contributed by atoms with Crippen molar-refractivity contribution in [3.63, 3.8) is 0 Å². The lowest BCUT2D eigenvalue weighted by atomic mass is 9.78. The third kappa shape index (κ3) is 4.90. The van der Waals surface area contributed by atoms with Crippen molar-refractivity contribution in [3.05, 3.63) is 59.7 Å². The molecule has 0 amide bonds. The second kappa shape index (κ2) is 8.60. The molecule has 3 rings (SSSR count). The van der Waals surface area contributed by atoms with Gasteiger partial charge in [-0.05, 0) is 54.0 Å². The third-order valence-corrected chi connectivity index (χ3v) is 5.67. The third-order valence-electron chi connectivity index (χ3n) is 5.67. The molecule has 0 heterocycles. The Bertz CT molecular complexity index is 684. The first kappa shape index (κ1) is 18.1. The van der Waals surface area contributed by atoms with Crippen LogP contribution in [0.3, 0.4) is 0 Å². The minimum absolute atomic E-state index is 0.255. The molecular weight excluding hydrogens is 314 g/mol. The lowest BCUT2D eigenvalue weighted by Crippen LogP contribution is -2.15. The Morgan fingerprint density at radius 3 is 2.24 bits per heavy atom. The number of halogens is 2. The highest BCUT2D eigenvalue weighted by Gasteiger charge is 2.20. The zero-order valence-corrected chi connectivity index (χ0v) is 15.1. The highest BCUT2D eigenvalue weighted by atomic mass is 19.1. The molecule has 2 aromatic rings. The zero-order valence-electron chi connectivity index (χ0n) is 15.1. The molecule has 0 aromatic heterocycles. The Morgan fingerprint density at radius 2 is 1.60 bits per heavy atom. The van der Waals surface area contributed by atoms with E-state index in [0.29, 0.717) is 11.1 Å². The first-order valence-electron chi connectivity index (χ1n) is 9.70. The smallest absolute Gasteiger partial charge is 0.131 e.